The summed E-state index contributed by atoms with van der Waals surface area (Å²) in [4.78, 5) is 18.0. The third kappa shape index (κ3) is 4.38. The SMILES string of the molecule is C[C@H]1CN(CC(=O)Nc2cc(C(F)(F)F)ccc2-n2cncn2)CCO1. The second-order valence-corrected chi connectivity index (χ2v) is 6.03. The molecular formula is C16H18F3N5O2. The van der Waals surface area contributed by atoms with E-state index in [2.05, 4.69) is 15.4 Å². The van der Waals surface area contributed by atoms with Crippen molar-refractivity contribution in [3.05, 3.63) is 36.4 Å². The Labute approximate surface area is 147 Å². The Hall–Kier alpha value is -2.46. The number of carbonyl (C=O) groups excluding carboxylic acids is 1. The molecule has 2 heterocycles. The molecule has 0 spiro atoms. The molecule has 1 aromatic heterocycles. The Kier molecular flexibility index (Phi) is 5.23. The molecule has 1 aromatic carbocycles. The molecule has 0 radical (unpaired) electrons. The van der Waals surface area contributed by atoms with Crippen LogP contribution in [0.4, 0.5) is 18.9 Å². The van der Waals surface area contributed by atoms with Crippen LogP contribution in [0.1, 0.15) is 12.5 Å². The summed E-state index contributed by atoms with van der Waals surface area (Å²) in [5, 5.41) is 6.48. The molecule has 1 atom stereocenters. The minimum Gasteiger partial charge on any atom is -0.376 e. The van der Waals surface area contributed by atoms with Gasteiger partial charge in [-0.2, -0.15) is 18.3 Å². The molecule has 1 aliphatic heterocycles. The first-order valence-electron chi connectivity index (χ1n) is 8.03. The summed E-state index contributed by atoms with van der Waals surface area (Å²) in [5.41, 5.74) is -0.521. The van der Waals surface area contributed by atoms with Crippen LogP contribution in [0.5, 0.6) is 0 Å². The highest BCUT2D eigenvalue weighted by Crippen LogP contribution is 2.33. The van der Waals surface area contributed by atoms with Crippen molar-refractivity contribution in [3.8, 4) is 5.69 Å². The fourth-order valence-corrected chi connectivity index (χ4v) is 2.77. The number of nitrogens with one attached hydrogen (secondary N) is 1. The highest BCUT2D eigenvalue weighted by Gasteiger charge is 2.31. The van der Waals surface area contributed by atoms with Gasteiger partial charge in [0, 0.05) is 13.1 Å². The second kappa shape index (κ2) is 7.42. The monoisotopic (exact) mass is 369 g/mol. The Morgan fingerprint density at radius 3 is 2.88 bits per heavy atom. The van der Waals surface area contributed by atoms with E-state index in [-0.39, 0.29) is 18.3 Å². The molecule has 140 valence electrons. The zero-order valence-corrected chi connectivity index (χ0v) is 14.0. The lowest BCUT2D eigenvalue weighted by atomic mass is 10.1. The van der Waals surface area contributed by atoms with Crippen LogP contribution in [0.2, 0.25) is 0 Å². The maximum Gasteiger partial charge on any atom is 0.416 e. The predicted molar refractivity (Wildman–Crippen MR) is 86.8 cm³/mol. The summed E-state index contributed by atoms with van der Waals surface area (Å²) in [7, 11) is 0. The van der Waals surface area contributed by atoms with Crippen LogP contribution in [0.3, 0.4) is 0 Å². The van der Waals surface area contributed by atoms with E-state index >= 15 is 0 Å². The predicted octanol–water partition coefficient (Wildman–Crippen LogP) is 1.95. The number of nitrogens with zero attached hydrogens (tertiary/aromatic N) is 4. The fraction of sp³-hybridized carbons (Fsp3) is 0.438. The smallest absolute Gasteiger partial charge is 0.376 e. The third-order valence-corrected chi connectivity index (χ3v) is 3.96. The van der Waals surface area contributed by atoms with Crippen molar-refractivity contribution in [2.24, 2.45) is 0 Å². The molecule has 1 saturated heterocycles. The maximum atomic E-state index is 13.0. The summed E-state index contributed by atoms with van der Waals surface area (Å²) in [6.07, 6.45) is -1.89. The lowest BCUT2D eigenvalue weighted by Crippen LogP contribution is -2.44. The number of hydrogen-bond acceptors (Lipinski definition) is 5. The van der Waals surface area contributed by atoms with Crippen molar-refractivity contribution in [1.29, 1.82) is 0 Å². The number of amides is 1. The van der Waals surface area contributed by atoms with Crippen LogP contribution in [-0.2, 0) is 15.7 Å². The normalized spacial score (nSPS) is 18.7. The molecule has 2 aromatic rings. The number of carbonyl (C=O) groups is 1. The number of benzene rings is 1. The lowest BCUT2D eigenvalue weighted by Gasteiger charge is -2.30. The molecule has 0 saturated carbocycles. The first kappa shape index (κ1) is 18.3. The van der Waals surface area contributed by atoms with Gasteiger partial charge in [0.2, 0.25) is 5.91 Å². The van der Waals surface area contributed by atoms with Crippen LogP contribution in [0.25, 0.3) is 5.69 Å². The zero-order chi connectivity index (χ0) is 18.7. The van der Waals surface area contributed by atoms with Gasteiger partial charge in [-0.15, -0.1) is 0 Å². The van der Waals surface area contributed by atoms with Crippen molar-refractivity contribution in [2.75, 3.05) is 31.6 Å². The van der Waals surface area contributed by atoms with E-state index in [0.717, 1.165) is 12.1 Å². The van der Waals surface area contributed by atoms with Crippen molar-refractivity contribution in [2.45, 2.75) is 19.2 Å². The van der Waals surface area contributed by atoms with Crippen LogP contribution in [-0.4, -0.2) is 57.9 Å². The van der Waals surface area contributed by atoms with Crippen LogP contribution >= 0.6 is 0 Å². The van der Waals surface area contributed by atoms with E-state index in [9.17, 15) is 18.0 Å². The van der Waals surface area contributed by atoms with Gasteiger partial charge in [-0.1, -0.05) is 0 Å². The summed E-state index contributed by atoms with van der Waals surface area (Å²) in [6, 6.07) is 3.09. The molecule has 10 heteroatoms. The topological polar surface area (TPSA) is 72.3 Å². The van der Waals surface area contributed by atoms with Crippen molar-refractivity contribution in [3.63, 3.8) is 0 Å². The van der Waals surface area contributed by atoms with Gasteiger partial charge in [-0.05, 0) is 25.1 Å². The average molecular weight is 369 g/mol. The summed E-state index contributed by atoms with van der Waals surface area (Å²) < 4.78 is 45.8. The van der Waals surface area contributed by atoms with E-state index in [1.165, 1.54) is 23.4 Å². The lowest BCUT2D eigenvalue weighted by molar-refractivity contribution is -0.137. The Bertz CT molecular complexity index is 764. The molecule has 1 amide bonds. The van der Waals surface area contributed by atoms with Crippen molar-refractivity contribution < 1.29 is 22.7 Å². The summed E-state index contributed by atoms with van der Waals surface area (Å²) in [6.45, 7) is 3.67. The Balaban J connectivity index is 1.81. The third-order valence-electron chi connectivity index (χ3n) is 3.96. The highest BCUT2D eigenvalue weighted by molar-refractivity contribution is 5.94. The quantitative estimate of drug-likeness (QED) is 0.892. The molecule has 0 aliphatic carbocycles. The number of aromatic nitrogens is 3. The van der Waals surface area contributed by atoms with Gasteiger partial charge in [0.15, 0.2) is 0 Å². The van der Waals surface area contributed by atoms with E-state index in [0.29, 0.717) is 25.4 Å². The molecule has 1 aliphatic rings. The van der Waals surface area contributed by atoms with E-state index < -0.39 is 17.6 Å². The van der Waals surface area contributed by atoms with E-state index in [1.807, 2.05) is 11.8 Å². The molecule has 0 bridgehead atoms. The Morgan fingerprint density at radius 1 is 1.42 bits per heavy atom. The number of hydrogen-bond donors (Lipinski definition) is 1. The molecular weight excluding hydrogens is 351 g/mol. The highest BCUT2D eigenvalue weighted by atomic mass is 19.4. The minimum absolute atomic E-state index is 0.0100. The van der Waals surface area contributed by atoms with Gasteiger partial charge in [0.1, 0.15) is 12.7 Å². The van der Waals surface area contributed by atoms with Crippen LogP contribution < -0.4 is 5.32 Å². The zero-order valence-electron chi connectivity index (χ0n) is 14.0. The second-order valence-electron chi connectivity index (χ2n) is 6.03. The van der Waals surface area contributed by atoms with E-state index in [4.69, 9.17) is 4.74 Å². The van der Waals surface area contributed by atoms with Gasteiger partial charge in [0.05, 0.1) is 36.2 Å². The molecule has 0 unspecified atom stereocenters. The summed E-state index contributed by atoms with van der Waals surface area (Å²) in [5.74, 6) is -0.403. The minimum atomic E-state index is -4.51. The number of anilines is 1. The van der Waals surface area contributed by atoms with Gasteiger partial charge in [0.25, 0.3) is 0 Å². The van der Waals surface area contributed by atoms with Crippen molar-refractivity contribution in [1.82, 2.24) is 19.7 Å². The standard InChI is InChI=1S/C16H18F3N5O2/c1-11-7-23(4-5-26-11)8-15(25)22-13-6-12(16(17,18)19)2-3-14(13)24-10-20-9-21-24/h2-3,6,9-11H,4-5,7-8H2,1H3,(H,22,25)/t11-/m0/s1. The van der Waals surface area contributed by atoms with Gasteiger partial charge in [-0.3, -0.25) is 9.69 Å². The fourth-order valence-electron chi connectivity index (χ4n) is 2.77. The molecule has 1 fully saturated rings. The van der Waals surface area contributed by atoms with Gasteiger partial charge in [-0.25, -0.2) is 9.67 Å². The van der Waals surface area contributed by atoms with Gasteiger partial charge >= 0.3 is 6.18 Å². The maximum absolute atomic E-state index is 13.0. The summed E-state index contributed by atoms with van der Waals surface area (Å²) >= 11 is 0. The molecule has 3 rings (SSSR count). The van der Waals surface area contributed by atoms with E-state index in [1.54, 1.807) is 0 Å². The first-order chi connectivity index (χ1) is 12.3. The number of rotatable bonds is 4. The van der Waals surface area contributed by atoms with Crippen LogP contribution in [0.15, 0.2) is 30.9 Å². The van der Waals surface area contributed by atoms with Gasteiger partial charge < -0.3 is 10.1 Å². The molecule has 7 nitrogen and oxygen atoms in total. The average Bonchev–Trinajstić information content (AvgIpc) is 3.08. The number of halogens is 3. The molecule has 1 N–H and O–H groups in total. The number of ether oxygens (including phenoxy) is 1. The Morgan fingerprint density at radius 2 is 2.23 bits per heavy atom. The number of morpholine rings is 1. The van der Waals surface area contributed by atoms with Crippen molar-refractivity contribution >= 4 is 11.6 Å². The largest absolute Gasteiger partial charge is 0.416 e. The molecule has 26 heavy (non-hydrogen) atoms. The first-order valence-corrected chi connectivity index (χ1v) is 8.03. The van der Waals surface area contributed by atoms with Crippen LogP contribution in [0, 0.1) is 0 Å². The number of alkyl halides is 3.